The van der Waals surface area contributed by atoms with Crippen LogP contribution in [0.1, 0.15) is 25.8 Å². The molecule has 102 valence electrons. The summed E-state index contributed by atoms with van der Waals surface area (Å²) in [5, 5.41) is 10.8. The average Bonchev–Trinajstić information content (AvgIpc) is 2.78. The molecule has 1 aromatic heterocycles. The van der Waals surface area contributed by atoms with E-state index in [9.17, 15) is 5.26 Å². The minimum absolute atomic E-state index is 0.457. The van der Waals surface area contributed by atoms with Crippen molar-refractivity contribution >= 4 is 28.3 Å². The van der Waals surface area contributed by atoms with Gasteiger partial charge < -0.3 is 4.90 Å². The molecule has 2 unspecified atom stereocenters. The molecule has 2 aromatic rings. The van der Waals surface area contributed by atoms with E-state index in [2.05, 4.69) is 24.8 Å². The average molecular weight is 286 g/mol. The van der Waals surface area contributed by atoms with Crippen LogP contribution in [-0.2, 0) is 0 Å². The Labute approximate surface area is 123 Å². The molecule has 0 aliphatic carbocycles. The van der Waals surface area contributed by atoms with Gasteiger partial charge in [-0.15, -0.1) is 0 Å². The molecule has 1 aromatic carbocycles. The monoisotopic (exact) mass is 285 g/mol. The van der Waals surface area contributed by atoms with Crippen molar-refractivity contribution < 1.29 is 0 Å². The van der Waals surface area contributed by atoms with E-state index < -0.39 is 0 Å². The third-order valence-electron chi connectivity index (χ3n) is 4.31. The molecule has 0 saturated carbocycles. The predicted molar refractivity (Wildman–Crippen MR) is 82.1 cm³/mol. The van der Waals surface area contributed by atoms with Gasteiger partial charge >= 0.3 is 0 Å². The molecule has 0 amide bonds. The van der Waals surface area contributed by atoms with Crippen molar-refractivity contribution in [2.24, 2.45) is 5.92 Å². The van der Waals surface area contributed by atoms with Gasteiger partial charge in [0.15, 0.2) is 0 Å². The largest absolute Gasteiger partial charge is 0.354 e. The van der Waals surface area contributed by atoms with E-state index in [0.717, 1.165) is 23.3 Å². The molecule has 0 radical (unpaired) electrons. The Balaban J connectivity index is 2.14. The lowest BCUT2D eigenvalue weighted by atomic mass is 10.1. The van der Waals surface area contributed by atoms with Gasteiger partial charge in [0.2, 0.25) is 0 Å². The highest BCUT2D eigenvalue weighted by atomic mass is 35.5. The van der Waals surface area contributed by atoms with Crippen molar-refractivity contribution in [2.45, 2.75) is 26.3 Å². The van der Waals surface area contributed by atoms with Crippen molar-refractivity contribution in [3.05, 3.63) is 34.9 Å². The first-order valence-electron chi connectivity index (χ1n) is 6.87. The summed E-state index contributed by atoms with van der Waals surface area (Å²) in [6, 6.07) is 10.1. The van der Waals surface area contributed by atoms with E-state index in [0.29, 0.717) is 22.5 Å². The number of anilines is 1. The summed E-state index contributed by atoms with van der Waals surface area (Å²) >= 11 is 6.01. The van der Waals surface area contributed by atoms with Crippen LogP contribution in [0.3, 0.4) is 0 Å². The van der Waals surface area contributed by atoms with Gasteiger partial charge in [-0.25, -0.2) is 4.98 Å². The number of hydrogen-bond acceptors (Lipinski definition) is 3. The van der Waals surface area contributed by atoms with E-state index in [1.54, 1.807) is 0 Å². The van der Waals surface area contributed by atoms with Crippen LogP contribution in [0.5, 0.6) is 0 Å². The number of benzene rings is 1. The summed E-state index contributed by atoms with van der Waals surface area (Å²) in [5.74, 6) is 1.55. The van der Waals surface area contributed by atoms with Crippen LogP contribution < -0.4 is 4.90 Å². The molecular formula is C16H16ClN3. The van der Waals surface area contributed by atoms with E-state index in [4.69, 9.17) is 16.6 Å². The summed E-state index contributed by atoms with van der Waals surface area (Å²) in [6.07, 6.45) is 1.17. The SMILES string of the molecule is CC1CCN(c2cc(C#N)c3cc(Cl)ccc3n2)C1C. The second-order valence-corrected chi connectivity index (χ2v) is 5.94. The zero-order chi connectivity index (χ0) is 14.3. The normalized spacial score (nSPS) is 22.2. The molecule has 1 aliphatic heterocycles. The Kier molecular flexibility index (Phi) is 3.27. The number of halogens is 1. The first kappa shape index (κ1) is 13.2. The molecule has 1 fully saturated rings. The second-order valence-electron chi connectivity index (χ2n) is 5.50. The summed E-state index contributed by atoms with van der Waals surface area (Å²) in [4.78, 5) is 7.00. The molecule has 3 nitrogen and oxygen atoms in total. The Bertz CT molecular complexity index is 705. The van der Waals surface area contributed by atoms with E-state index in [-0.39, 0.29) is 0 Å². The van der Waals surface area contributed by atoms with E-state index >= 15 is 0 Å². The molecule has 2 atom stereocenters. The third-order valence-corrected chi connectivity index (χ3v) is 4.55. The minimum atomic E-state index is 0.457. The molecule has 1 saturated heterocycles. The Hall–Kier alpha value is -1.79. The maximum atomic E-state index is 9.37. The van der Waals surface area contributed by atoms with Gasteiger partial charge in [-0.2, -0.15) is 5.26 Å². The van der Waals surface area contributed by atoms with Crippen LogP contribution in [-0.4, -0.2) is 17.6 Å². The highest BCUT2D eigenvalue weighted by Crippen LogP contribution is 2.31. The molecule has 0 spiro atoms. The van der Waals surface area contributed by atoms with Crippen molar-refractivity contribution in [1.82, 2.24) is 4.98 Å². The molecule has 0 N–H and O–H groups in total. The maximum Gasteiger partial charge on any atom is 0.130 e. The van der Waals surface area contributed by atoms with Crippen LogP contribution in [0.2, 0.25) is 5.02 Å². The Morgan fingerprint density at radius 1 is 1.35 bits per heavy atom. The number of pyridine rings is 1. The van der Waals surface area contributed by atoms with Crippen molar-refractivity contribution in [3.63, 3.8) is 0 Å². The topological polar surface area (TPSA) is 39.9 Å². The van der Waals surface area contributed by atoms with Crippen LogP contribution in [0, 0.1) is 17.2 Å². The summed E-state index contributed by atoms with van der Waals surface area (Å²) in [5.41, 5.74) is 1.47. The van der Waals surface area contributed by atoms with Crippen LogP contribution in [0.25, 0.3) is 10.9 Å². The first-order chi connectivity index (χ1) is 9.60. The molecule has 1 aliphatic rings. The van der Waals surface area contributed by atoms with Gasteiger partial charge in [-0.1, -0.05) is 18.5 Å². The first-order valence-corrected chi connectivity index (χ1v) is 7.25. The summed E-state index contributed by atoms with van der Waals surface area (Å²) in [6.45, 7) is 5.48. The number of nitrogens with zero attached hydrogens (tertiary/aromatic N) is 3. The predicted octanol–water partition coefficient (Wildman–Crippen LogP) is 3.99. The third kappa shape index (κ3) is 2.10. The molecule has 4 heteroatoms. The van der Waals surface area contributed by atoms with Crippen LogP contribution in [0.15, 0.2) is 24.3 Å². The summed E-state index contributed by atoms with van der Waals surface area (Å²) in [7, 11) is 0. The molecular weight excluding hydrogens is 270 g/mol. The summed E-state index contributed by atoms with van der Waals surface area (Å²) < 4.78 is 0. The van der Waals surface area contributed by atoms with Gasteiger partial charge in [0.05, 0.1) is 17.1 Å². The molecule has 0 bridgehead atoms. The molecule has 2 heterocycles. The van der Waals surface area contributed by atoms with Crippen molar-refractivity contribution in [3.8, 4) is 6.07 Å². The lowest BCUT2D eigenvalue weighted by Crippen LogP contribution is -2.29. The second kappa shape index (κ2) is 4.96. The van der Waals surface area contributed by atoms with Gasteiger partial charge in [0, 0.05) is 23.0 Å². The standard InChI is InChI=1S/C16H16ClN3/c1-10-5-6-20(11(10)2)16-7-12(9-18)14-8-13(17)3-4-15(14)19-16/h3-4,7-8,10-11H,5-6H2,1-2H3. The highest BCUT2D eigenvalue weighted by molar-refractivity contribution is 6.31. The van der Waals surface area contributed by atoms with Gasteiger partial charge in [-0.3, -0.25) is 0 Å². The fourth-order valence-electron chi connectivity index (χ4n) is 2.84. The van der Waals surface area contributed by atoms with E-state index in [1.165, 1.54) is 6.42 Å². The molecule has 20 heavy (non-hydrogen) atoms. The smallest absolute Gasteiger partial charge is 0.130 e. The quantitative estimate of drug-likeness (QED) is 0.795. The van der Waals surface area contributed by atoms with Crippen molar-refractivity contribution in [2.75, 3.05) is 11.4 Å². The zero-order valence-electron chi connectivity index (χ0n) is 11.6. The van der Waals surface area contributed by atoms with Gasteiger partial charge in [0.25, 0.3) is 0 Å². The Morgan fingerprint density at radius 2 is 2.15 bits per heavy atom. The number of nitriles is 1. The zero-order valence-corrected chi connectivity index (χ0v) is 12.4. The number of rotatable bonds is 1. The van der Waals surface area contributed by atoms with Gasteiger partial charge in [-0.05, 0) is 43.5 Å². The number of fused-ring (bicyclic) bond motifs is 1. The molecule has 3 rings (SSSR count). The van der Waals surface area contributed by atoms with Crippen LogP contribution >= 0.6 is 11.6 Å². The highest BCUT2D eigenvalue weighted by Gasteiger charge is 2.28. The fourth-order valence-corrected chi connectivity index (χ4v) is 3.01. The number of aromatic nitrogens is 1. The minimum Gasteiger partial charge on any atom is -0.354 e. The maximum absolute atomic E-state index is 9.37. The van der Waals surface area contributed by atoms with Crippen molar-refractivity contribution in [1.29, 1.82) is 5.26 Å². The van der Waals surface area contributed by atoms with Crippen LogP contribution in [0.4, 0.5) is 5.82 Å². The lowest BCUT2D eigenvalue weighted by molar-refractivity contribution is 0.544. The fraction of sp³-hybridized carbons (Fsp3) is 0.375. The van der Waals surface area contributed by atoms with Gasteiger partial charge in [0.1, 0.15) is 5.82 Å². The Morgan fingerprint density at radius 3 is 2.80 bits per heavy atom. The number of hydrogen-bond donors (Lipinski definition) is 0. The van der Waals surface area contributed by atoms with E-state index in [1.807, 2.05) is 24.3 Å². The lowest BCUT2D eigenvalue weighted by Gasteiger charge is -2.25.